The molecule has 0 heterocycles. The largest absolute Gasteiger partial charge is 0.508 e. The molecule has 0 atom stereocenters. The van der Waals surface area contributed by atoms with Crippen LogP contribution in [0.2, 0.25) is 0 Å². The Morgan fingerprint density at radius 1 is 1.08 bits per heavy atom. The zero-order chi connectivity index (χ0) is 18.1. The van der Waals surface area contributed by atoms with Crippen LogP contribution in [0.4, 0.5) is 0 Å². The molecule has 0 saturated heterocycles. The van der Waals surface area contributed by atoms with E-state index in [1.807, 2.05) is 13.8 Å². The molecule has 1 aromatic carbocycles. The average Bonchev–Trinajstić information content (AvgIpc) is 2.62. The second kappa shape index (κ2) is 9.75. The summed E-state index contributed by atoms with van der Waals surface area (Å²) in [7, 11) is 0. The molecule has 0 bridgehead atoms. The van der Waals surface area contributed by atoms with Crippen molar-refractivity contribution in [3.05, 3.63) is 29.8 Å². The first-order chi connectivity index (χ1) is 12.1. The molecule has 0 unspecified atom stereocenters. The summed E-state index contributed by atoms with van der Waals surface area (Å²) in [6.07, 6.45) is 5.67. The predicted octanol–water partition coefficient (Wildman–Crippen LogP) is 3.63. The van der Waals surface area contributed by atoms with Crippen LogP contribution in [0.1, 0.15) is 56.3 Å². The van der Waals surface area contributed by atoms with Gasteiger partial charge in [-0.1, -0.05) is 19.3 Å². The van der Waals surface area contributed by atoms with Crippen LogP contribution in [-0.4, -0.2) is 43.0 Å². The third kappa shape index (κ3) is 5.99. The normalized spacial score (nSPS) is 15.9. The van der Waals surface area contributed by atoms with Gasteiger partial charge in [-0.05, 0) is 51.0 Å². The Labute approximate surface area is 149 Å². The Bertz CT molecular complexity index is 515. The SMILES string of the molecule is CCOC(COC1CCCCC1)(OCC)OC(=O)c1ccc(O)cc1. The number of esters is 1. The number of benzene rings is 1. The minimum absolute atomic E-state index is 0.0309. The van der Waals surface area contributed by atoms with Gasteiger partial charge in [0.05, 0.1) is 24.9 Å². The number of carbonyl (C=O) groups is 1. The first-order valence-electron chi connectivity index (χ1n) is 9.00. The highest BCUT2D eigenvalue weighted by atomic mass is 16.9. The first-order valence-corrected chi connectivity index (χ1v) is 9.00. The molecule has 0 amide bonds. The zero-order valence-corrected chi connectivity index (χ0v) is 15.0. The van der Waals surface area contributed by atoms with E-state index in [0.29, 0.717) is 18.8 Å². The summed E-state index contributed by atoms with van der Waals surface area (Å²) in [5.41, 5.74) is 0.305. The van der Waals surface area contributed by atoms with E-state index < -0.39 is 11.9 Å². The molecule has 1 aromatic rings. The van der Waals surface area contributed by atoms with Gasteiger partial charge in [0.15, 0.2) is 0 Å². The molecule has 1 saturated carbocycles. The van der Waals surface area contributed by atoms with Crippen LogP contribution in [0.15, 0.2) is 24.3 Å². The summed E-state index contributed by atoms with van der Waals surface area (Å²) in [6, 6.07) is 5.83. The van der Waals surface area contributed by atoms with Gasteiger partial charge in [-0.15, -0.1) is 0 Å². The monoisotopic (exact) mass is 352 g/mol. The van der Waals surface area contributed by atoms with E-state index in [1.165, 1.54) is 30.7 Å². The summed E-state index contributed by atoms with van der Waals surface area (Å²) in [5, 5.41) is 9.35. The van der Waals surface area contributed by atoms with Crippen LogP contribution in [-0.2, 0) is 18.9 Å². The number of phenolic OH excluding ortho intramolecular Hbond substituents is 1. The standard InChI is InChI=1S/C19H28O6/c1-3-23-19(24-4-2,14-22-17-8-6-5-7-9-17)25-18(21)15-10-12-16(20)13-11-15/h10-13,17,20H,3-9,14H2,1-2H3. The molecule has 6 nitrogen and oxygen atoms in total. The maximum atomic E-state index is 12.5. The maximum absolute atomic E-state index is 12.5. The van der Waals surface area contributed by atoms with Crippen molar-refractivity contribution >= 4 is 5.97 Å². The number of ether oxygens (including phenoxy) is 4. The summed E-state index contributed by atoms with van der Waals surface area (Å²) in [6.45, 7) is 4.28. The maximum Gasteiger partial charge on any atom is 0.354 e. The number of phenols is 1. The van der Waals surface area contributed by atoms with Crippen LogP contribution >= 0.6 is 0 Å². The van der Waals surface area contributed by atoms with Crippen LogP contribution in [0.3, 0.4) is 0 Å². The van der Waals surface area contributed by atoms with Crippen molar-refractivity contribution in [2.24, 2.45) is 0 Å². The first kappa shape index (κ1) is 19.7. The second-order valence-corrected chi connectivity index (χ2v) is 6.06. The molecule has 0 aromatic heterocycles. The van der Waals surface area contributed by atoms with Gasteiger partial charge in [0.2, 0.25) is 0 Å². The smallest absolute Gasteiger partial charge is 0.354 e. The topological polar surface area (TPSA) is 74.2 Å². The van der Waals surface area contributed by atoms with Gasteiger partial charge >= 0.3 is 11.9 Å². The van der Waals surface area contributed by atoms with Crippen molar-refractivity contribution in [2.75, 3.05) is 19.8 Å². The lowest BCUT2D eigenvalue weighted by Gasteiger charge is -2.33. The van der Waals surface area contributed by atoms with E-state index in [1.54, 1.807) is 0 Å². The van der Waals surface area contributed by atoms with Crippen molar-refractivity contribution in [1.82, 2.24) is 0 Å². The molecule has 0 radical (unpaired) electrons. The van der Waals surface area contributed by atoms with E-state index in [-0.39, 0.29) is 18.5 Å². The summed E-state index contributed by atoms with van der Waals surface area (Å²) in [4.78, 5) is 12.5. The molecule has 0 aliphatic heterocycles. The molecule has 1 aliphatic carbocycles. The van der Waals surface area contributed by atoms with Gasteiger partial charge in [0.1, 0.15) is 12.4 Å². The van der Waals surface area contributed by atoms with Crippen LogP contribution in [0.25, 0.3) is 0 Å². The van der Waals surface area contributed by atoms with Gasteiger partial charge in [0, 0.05) is 0 Å². The van der Waals surface area contributed by atoms with Gasteiger partial charge in [0.25, 0.3) is 0 Å². The molecule has 1 fully saturated rings. The van der Waals surface area contributed by atoms with E-state index in [9.17, 15) is 9.90 Å². The summed E-state index contributed by atoms with van der Waals surface area (Å²) in [5.74, 6) is -2.07. The Kier molecular flexibility index (Phi) is 7.68. The molecule has 2 rings (SSSR count). The van der Waals surface area contributed by atoms with Crippen LogP contribution < -0.4 is 0 Å². The average molecular weight is 352 g/mol. The fourth-order valence-electron chi connectivity index (χ4n) is 2.90. The van der Waals surface area contributed by atoms with Gasteiger partial charge in [-0.25, -0.2) is 4.79 Å². The van der Waals surface area contributed by atoms with Crippen molar-refractivity contribution < 1.29 is 28.8 Å². The summed E-state index contributed by atoms with van der Waals surface area (Å²) >= 11 is 0. The fourth-order valence-corrected chi connectivity index (χ4v) is 2.90. The molecular weight excluding hydrogens is 324 g/mol. The zero-order valence-electron chi connectivity index (χ0n) is 15.0. The number of hydrogen-bond donors (Lipinski definition) is 1. The molecule has 6 heteroatoms. The van der Waals surface area contributed by atoms with Crippen molar-refractivity contribution in [2.45, 2.75) is 58.0 Å². The Hall–Kier alpha value is -1.63. The van der Waals surface area contributed by atoms with Crippen LogP contribution in [0, 0.1) is 0 Å². The molecule has 1 aliphatic rings. The third-order valence-electron chi connectivity index (χ3n) is 4.13. The molecule has 0 spiro atoms. The summed E-state index contributed by atoms with van der Waals surface area (Å²) < 4.78 is 22.8. The van der Waals surface area contributed by atoms with E-state index in [0.717, 1.165) is 25.7 Å². The lowest BCUT2D eigenvalue weighted by atomic mass is 9.98. The lowest BCUT2D eigenvalue weighted by Crippen LogP contribution is -2.46. The van der Waals surface area contributed by atoms with Crippen molar-refractivity contribution in [3.63, 3.8) is 0 Å². The van der Waals surface area contributed by atoms with E-state index in [2.05, 4.69) is 0 Å². The highest BCUT2D eigenvalue weighted by Crippen LogP contribution is 2.25. The fraction of sp³-hybridized carbons (Fsp3) is 0.632. The minimum Gasteiger partial charge on any atom is -0.508 e. The second-order valence-electron chi connectivity index (χ2n) is 6.06. The number of aromatic hydroxyl groups is 1. The third-order valence-corrected chi connectivity index (χ3v) is 4.13. The van der Waals surface area contributed by atoms with E-state index >= 15 is 0 Å². The Morgan fingerprint density at radius 3 is 2.24 bits per heavy atom. The number of carbonyl (C=O) groups excluding carboxylic acids is 1. The number of hydrogen-bond acceptors (Lipinski definition) is 6. The quantitative estimate of drug-likeness (QED) is 0.540. The Morgan fingerprint density at radius 2 is 1.68 bits per heavy atom. The molecule has 1 N–H and O–H groups in total. The minimum atomic E-state index is -1.56. The van der Waals surface area contributed by atoms with Gasteiger partial charge < -0.3 is 24.1 Å². The molecule has 25 heavy (non-hydrogen) atoms. The Balaban J connectivity index is 2.06. The van der Waals surface area contributed by atoms with Crippen LogP contribution in [0.5, 0.6) is 5.75 Å². The predicted molar refractivity (Wildman–Crippen MR) is 92.3 cm³/mol. The van der Waals surface area contributed by atoms with Gasteiger partial charge in [-0.2, -0.15) is 0 Å². The number of rotatable bonds is 9. The molecular formula is C19H28O6. The van der Waals surface area contributed by atoms with E-state index in [4.69, 9.17) is 18.9 Å². The van der Waals surface area contributed by atoms with Gasteiger partial charge in [-0.3, -0.25) is 0 Å². The highest BCUT2D eigenvalue weighted by molar-refractivity contribution is 5.89. The lowest BCUT2D eigenvalue weighted by molar-refractivity contribution is -0.372. The highest BCUT2D eigenvalue weighted by Gasteiger charge is 2.38. The molecule has 140 valence electrons. The van der Waals surface area contributed by atoms with Crippen molar-refractivity contribution in [1.29, 1.82) is 0 Å². The van der Waals surface area contributed by atoms with Crippen molar-refractivity contribution in [3.8, 4) is 5.75 Å².